The minimum atomic E-state index is 0. The van der Waals surface area contributed by atoms with E-state index in [1.54, 1.807) is 17.7 Å². The molecule has 0 amide bonds. The molecule has 0 saturated carbocycles. The maximum absolute atomic E-state index is 4.28. The Balaban J connectivity index is 0.00000112. The molecule has 0 saturated heterocycles. The molecule has 0 fully saturated rings. The number of hydrogen-bond donors (Lipinski definition) is 1. The minimum absolute atomic E-state index is 0. The van der Waals surface area contributed by atoms with E-state index >= 15 is 0 Å². The predicted molar refractivity (Wildman–Crippen MR) is 58.9 cm³/mol. The van der Waals surface area contributed by atoms with Crippen molar-refractivity contribution in [3.8, 4) is 0 Å². The van der Waals surface area contributed by atoms with E-state index in [2.05, 4.69) is 35.2 Å². The average Bonchev–Trinajstić information content (AvgIpc) is 2.62. The fourth-order valence-corrected chi connectivity index (χ4v) is 2.40. The van der Waals surface area contributed by atoms with E-state index in [1.807, 2.05) is 0 Å². The van der Waals surface area contributed by atoms with Crippen LogP contribution in [0.15, 0.2) is 12.4 Å². The Bertz CT molecular complexity index is 441. The van der Waals surface area contributed by atoms with E-state index in [-0.39, 0.29) is 12.4 Å². The molecule has 2 rings (SSSR count). The molecule has 0 bridgehead atoms. The predicted octanol–water partition coefficient (Wildman–Crippen LogP) is -1.53. The second-order valence-electron chi connectivity index (χ2n) is 3.16. The summed E-state index contributed by atoms with van der Waals surface area (Å²) in [6.45, 7) is 5.31. The SMILES string of the molecule is CC[NH2+]c1ncnc2sc(CC)cc12.[Cl-]. The van der Waals surface area contributed by atoms with Gasteiger partial charge in [-0.15, -0.1) is 11.3 Å². The summed E-state index contributed by atoms with van der Waals surface area (Å²) >= 11 is 1.77. The van der Waals surface area contributed by atoms with Gasteiger partial charge in [0.15, 0.2) is 0 Å². The summed E-state index contributed by atoms with van der Waals surface area (Å²) in [5.41, 5.74) is 0. The van der Waals surface area contributed by atoms with Gasteiger partial charge in [-0.3, -0.25) is 5.32 Å². The number of aromatic nitrogens is 2. The maximum Gasteiger partial charge on any atom is 0.236 e. The van der Waals surface area contributed by atoms with Crippen LogP contribution in [0.2, 0.25) is 0 Å². The molecule has 2 heterocycles. The van der Waals surface area contributed by atoms with Crippen molar-refractivity contribution in [3.05, 3.63) is 17.3 Å². The number of aryl methyl sites for hydroxylation is 1. The molecule has 5 heteroatoms. The molecule has 2 aromatic heterocycles. The van der Waals surface area contributed by atoms with Crippen molar-refractivity contribution in [2.24, 2.45) is 0 Å². The van der Waals surface area contributed by atoms with Gasteiger partial charge in [-0.25, -0.2) is 4.98 Å². The molecule has 15 heavy (non-hydrogen) atoms. The molecule has 0 aliphatic carbocycles. The lowest BCUT2D eigenvalue weighted by atomic mass is 10.3. The summed E-state index contributed by atoms with van der Waals surface area (Å²) < 4.78 is 0. The number of fused-ring (bicyclic) bond motifs is 1. The third-order valence-corrected chi connectivity index (χ3v) is 3.34. The fraction of sp³-hybridized carbons (Fsp3) is 0.400. The van der Waals surface area contributed by atoms with E-state index in [4.69, 9.17) is 0 Å². The zero-order valence-electron chi connectivity index (χ0n) is 8.83. The lowest BCUT2D eigenvalue weighted by Crippen LogP contribution is -3.00. The maximum atomic E-state index is 4.28. The molecule has 0 radical (unpaired) electrons. The van der Waals surface area contributed by atoms with Gasteiger partial charge in [-0.1, -0.05) is 6.92 Å². The van der Waals surface area contributed by atoms with Gasteiger partial charge in [-0.2, -0.15) is 4.98 Å². The van der Waals surface area contributed by atoms with Gasteiger partial charge >= 0.3 is 0 Å². The first-order valence-electron chi connectivity index (χ1n) is 4.91. The summed E-state index contributed by atoms with van der Waals surface area (Å²) in [6, 6.07) is 2.21. The number of nitrogens with zero attached hydrogens (tertiary/aromatic N) is 2. The van der Waals surface area contributed by atoms with Crippen LogP contribution in [0.3, 0.4) is 0 Å². The zero-order chi connectivity index (χ0) is 9.97. The van der Waals surface area contributed by atoms with Gasteiger partial charge in [0.1, 0.15) is 11.2 Å². The first-order valence-corrected chi connectivity index (χ1v) is 5.73. The van der Waals surface area contributed by atoms with Crippen LogP contribution in [-0.2, 0) is 6.42 Å². The van der Waals surface area contributed by atoms with Crippen LogP contribution in [0.5, 0.6) is 0 Å². The van der Waals surface area contributed by atoms with Crippen LogP contribution < -0.4 is 17.7 Å². The summed E-state index contributed by atoms with van der Waals surface area (Å²) in [7, 11) is 0. The number of nitrogens with two attached hydrogens (primary N) is 1. The summed E-state index contributed by atoms with van der Waals surface area (Å²) in [4.78, 5) is 11.1. The van der Waals surface area contributed by atoms with E-state index in [0.29, 0.717) is 0 Å². The largest absolute Gasteiger partial charge is 1.00 e. The lowest BCUT2D eigenvalue weighted by Gasteiger charge is -1.95. The Hall–Kier alpha value is -0.710. The van der Waals surface area contributed by atoms with Gasteiger partial charge in [0.25, 0.3) is 0 Å². The van der Waals surface area contributed by atoms with Crippen molar-refractivity contribution in [2.45, 2.75) is 20.3 Å². The van der Waals surface area contributed by atoms with E-state index in [1.165, 1.54) is 10.3 Å². The molecule has 0 aromatic carbocycles. The van der Waals surface area contributed by atoms with Crippen LogP contribution >= 0.6 is 11.3 Å². The van der Waals surface area contributed by atoms with Gasteiger partial charge in [0.05, 0.1) is 11.9 Å². The van der Waals surface area contributed by atoms with Gasteiger partial charge in [0, 0.05) is 4.88 Å². The monoisotopic (exact) mass is 243 g/mol. The van der Waals surface area contributed by atoms with Gasteiger partial charge < -0.3 is 12.4 Å². The number of rotatable bonds is 3. The highest BCUT2D eigenvalue weighted by molar-refractivity contribution is 7.18. The third-order valence-electron chi connectivity index (χ3n) is 2.16. The quantitative estimate of drug-likeness (QED) is 0.711. The Labute approximate surface area is 99.4 Å². The van der Waals surface area contributed by atoms with E-state index < -0.39 is 0 Å². The molecule has 3 nitrogen and oxygen atoms in total. The lowest BCUT2D eigenvalue weighted by molar-refractivity contribution is -0.569. The zero-order valence-corrected chi connectivity index (χ0v) is 10.4. The van der Waals surface area contributed by atoms with E-state index in [9.17, 15) is 0 Å². The number of halogens is 1. The Morgan fingerprint density at radius 1 is 1.33 bits per heavy atom. The first kappa shape index (κ1) is 12.4. The van der Waals surface area contributed by atoms with Crippen LogP contribution in [0.1, 0.15) is 18.7 Å². The van der Waals surface area contributed by atoms with Crippen molar-refractivity contribution in [1.82, 2.24) is 9.97 Å². The smallest absolute Gasteiger partial charge is 0.236 e. The van der Waals surface area contributed by atoms with Crippen LogP contribution in [0.25, 0.3) is 10.2 Å². The highest BCUT2D eigenvalue weighted by atomic mass is 35.5. The molecule has 0 spiro atoms. The summed E-state index contributed by atoms with van der Waals surface area (Å²) in [6.07, 6.45) is 2.73. The van der Waals surface area contributed by atoms with Crippen molar-refractivity contribution in [2.75, 3.05) is 6.54 Å². The number of thiophene rings is 1. The van der Waals surface area contributed by atoms with Crippen LogP contribution in [-0.4, -0.2) is 16.5 Å². The highest BCUT2D eigenvalue weighted by Crippen LogP contribution is 2.26. The molecular weight excluding hydrogens is 230 g/mol. The van der Waals surface area contributed by atoms with Crippen molar-refractivity contribution < 1.29 is 17.7 Å². The molecular formula is C10H14ClN3S. The molecule has 0 aliphatic rings. The topological polar surface area (TPSA) is 42.4 Å². The Morgan fingerprint density at radius 3 is 2.80 bits per heavy atom. The normalized spacial score (nSPS) is 10.3. The van der Waals surface area contributed by atoms with Crippen molar-refractivity contribution in [3.63, 3.8) is 0 Å². The van der Waals surface area contributed by atoms with E-state index in [0.717, 1.165) is 23.6 Å². The number of quaternary nitrogens is 1. The molecule has 0 aliphatic heterocycles. The van der Waals surface area contributed by atoms with Gasteiger partial charge in [0.2, 0.25) is 5.82 Å². The van der Waals surface area contributed by atoms with Crippen molar-refractivity contribution in [1.29, 1.82) is 0 Å². The Kier molecular flexibility index (Phi) is 4.45. The second-order valence-corrected chi connectivity index (χ2v) is 4.27. The second kappa shape index (κ2) is 5.39. The summed E-state index contributed by atoms with van der Waals surface area (Å²) in [5, 5.41) is 3.35. The number of hydrogen-bond acceptors (Lipinski definition) is 3. The minimum Gasteiger partial charge on any atom is -1.00 e. The molecule has 2 N–H and O–H groups in total. The summed E-state index contributed by atoms with van der Waals surface area (Å²) in [5.74, 6) is 1.08. The molecule has 0 atom stereocenters. The average molecular weight is 244 g/mol. The van der Waals surface area contributed by atoms with Crippen LogP contribution in [0, 0.1) is 0 Å². The fourth-order valence-electron chi connectivity index (χ4n) is 1.45. The van der Waals surface area contributed by atoms with Crippen LogP contribution in [0.4, 0.5) is 5.82 Å². The first-order chi connectivity index (χ1) is 6.85. The third kappa shape index (κ3) is 2.45. The molecule has 82 valence electrons. The highest BCUT2D eigenvalue weighted by Gasteiger charge is 2.09. The van der Waals surface area contributed by atoms with Gasteiger partial charge in [-0.05, 0) is 19.4 Å². The molecule has 2 aromatic rings. The molecule has 0 unspecified atom stereocenters. The standard InChI is InChI=1S/C10H13N3S.ClH/c1-3-7-5-8-9(11-4-2)12-6-13-10(8)14-7;/h5-6H,3-4H2,1-2H3,(H,11,12,13);1H. The Morgan fingerprint density at radius 2 is 2.13 bits per heavy atom. The van der Waals surface area contributed by atoms with Crippen molar-refractivity contribution >= 4 is 27.4 Å².